The Bertz CT molecular complexity index is 1810. The SMILES string of the molecule is Cc1ccccc1N(C)C(=O)COc1ccccc1N(CC(=O)N(C)c1ccccc1)C(=O)CNC(=O)Nc1cccc(C(C)C(=O)O)c1. The molecule has 254 valence electrons. The van der Waals surface area contributed by atoms with Crippen molar-refractivity contribution < 1.29 is 33.8 Å². The molecule has 0 saturated carbocycles. The number of urea groups is 1. The molecule has 0 saturated heterocycles. The Kier molecular flexibility index (Phi) is 12.1. The molecular formula is C37H39N5O7. The first kappa shape index (κ1) is 35.7. The largest absolute Gasteiger partial charge is 0.482 e. The number of carbonyl (C=O) groups excluding carboxylic acids is 4. The topological polar surface area (TPSA) is 149 Å². The van der Waals surface area contributed by atoms with Crippen LogP contribution in [0.4, 0.5) is 27.5 Å². The Labute approximate surface area is 284 Å². The highest BCUT2D eigenvalue weighted by Gasteiger charge is 2.26. The highest BCUT2D eigenvalue weighted by atomic mass is 16.5. The van der Waals surface area contributed by atoms with Gasteiger partial charge in [0.1, 0.15) is 12.3 Å². The van der Waals surface area contributed by atoms with Gasteiger partial charge in [0, 0.05) is 31.2 Å². The molecule has 5 amide bonds. The number of carbonyl (C=O) groups is 5. The van der Waals surface area contributed by atoms with Gasteiger partial charge < -0.3 is 30.3 Å². The second-order valence-electron chi connectivity index (χ2n) is 11.3. The number of likely N-dealkylation sites (N-methyl/N-ethyl adjacent to an activating group) is 2. The number of carboxylic acid groups (broad SMARTS) is 1. The molecule has 12 heteroatoms. The molecule has 4 rings (SSSR count). The van der Waals surface area contributed by atoms with Gasteiger partial charge in [-0.05, 0) is 67.4 Å². The van der Waals surface area contributed by atoms with E-state index in [2.05, 4.69) is 10.6 Å². The van der Waals surface area contributed by atoms with E-state index >= 15 is 0 Å². The molecule has 0 spiro atoms. The fourth-order valence-electron chi connectivity index (χ4n) is 4.91. The first-order chi connectivity index (χ1) is 23.5. The lowest BCUT2D eigenvalue weighted by molar-refractivity contribution is -0.138. The van der Waals surface area contributed by atoms with E-state index in [9.17, 15) is 29.1 Å². The average molecular weight is 666 g/mol. The van der Waals surface area contributed by atoms with Crippen LogP contribution in [-0.4, -0.2) is 68.6 Å². The minimum Gasteiger partial charge on any atom is -0.482 e. The maximum atomic E-state index is 13.8. The van der Waals surface area contributed by atoms with Crippen LogP contribution in [0.2, 0.25) is 0 Å². The number of amides is 5. The van der Waals surface area contributed by atoms with Gasteiger partial charge in [-0.2, -0.15) is 0 Å². The monoisotopic (exact) mass is 665 g/mol. The van der Waals surface area contributed by atoms with Crippen molar-refractivity contribution in [2.75, 3.05) is 53.8 Å². The number of aliphatic carboxylic acids is 1. The molecule has 4 aromatic rings. The van der Waals surface area contributed by atoms with Gasteiger partial charge in [0.2, 0.25) is 11.8 Å². The smallest absolute Gasteiger partial charge is 0.319 e. The summed E-state index contributed by atoms with van der Waals surface area (Å²) >= 11 is 0. The number of rotatable bonds is 13. The van der Waals surface area contributed by atoms with E-state index in [4.69, 9.17) is 4.74 Å². The van der Waals surface area contributed by atoms with E-state index < -0.39 is 42.8 Å². The molecule has 0 aliphatic rings. The highest BCUT2D eigenvalue weighted by molar-refractivity contribution is 6.06. The maximum Gasteiger partial charge on any atom is 0.319 e. The van der Waals surface area contributed by atoms with Crippen LogP contribution in [0, 0.1) is 6.92 Å². The number of anilines is 4. The summed E-state index contributed by atoms with van der Waals surface area (Å²) in [7, 11) is 3.24. The summed E-state index contributed by atoms with van der Waals surface area (Å²) < 4.78 is 5.94. The average Bonchev–Trinajstić information content (AvgIpc) is 3.11. The van der Waals surface area contributed by atoms with Crippen LogP contribution in [0.1, 0.15) is 24.0 Å². The van der Waals surface area contributed by atoms with Gasteiger partial charge in [-0.25, -0.2) is 4.79 Å². The predicted octanol–water partition coefficient (Wildman–Crippen LogP) is 5.04. The highest BCUT2D eigenvalue weighted by Crippen LogP contribution is 2.29. The van der Waals surface area contributed by atoms with Gasteiger partial charge in [0.25, 0.3) is 5.91 Å². The lowest BCUT2D eigenvalue weighted by Gasteiger charge is -2.27. The maximum absolute atomic E-state index is 13.8. The minimum atomic E-state index is -1.01. The van der Waals surface area contributed by atoms with Gasteiger partial charge in [-0.15, -0.1) is 0 Å². The summed E-state index contributed by atoms with van der Waals surface area (Å²) in [5.74, 6) is -2.98. The summed E-state index contributed by atoms with van der Waals surface area (Å²) in [6, 6.07) is 28.6. The summed E-state index contributed by atoms with van der Waals surface area (Å²) in [6.07, 6.45) is 0. The number of nitrogens with zero attached hydrogens (tertiary/aromatic N) is 3. The summed E-state index contributed by atoms with van der Waals surface area (Å²) in [5.41, 5.74) is 3.32. The third-order valence-electron chi connectivity index (χ3n) is 7.89. The Morgan fingerprint density at radius 1 is 0.755 bits per heavy atom. The zero-order valence-corrected chi connectivity index (χ0v) is 27.8. The summed E-state index contributed by atoms with van der Waals surface area (Å²) in [6.45, 7) is 2.18. The van der Waals surface area contributed by atoms with E-state index in [-0.39, 0.29) is 24.0 Å². The van der Waals surface area contributed by atoms with Crippen LogP contribution in [0.5, 0.6) is 5.75 Å². The number of ether oxygens (including phenoxy) is 1. The number of para-hydroxylation sites is 4. The minimum absolute atomic E-state index is 0.186. The molecule has 1 atom stereocenters. The molecule has 3 N–H and O–H groups in total. The van der Waals surface area contributed by atoms with E-state index in [1.54, 1.807) is 80.8 Å². The second-order valence-corrected chi connectivity index (χ2v) is 11.3. The third kappa shape index (κ3) is 9.44. The molecule has 0 aromatic heterocycles. The fourth-order valence-corrected chi connectivity index (χ4v) is 4.91. The predicted molar refractivity (Wildman–Crippen MR) is 188 cm³/mol. The lowest BCUT2D eigenvalue weighted by Crippen LogP contribution is -2.46. The number of hydrogen-bond donors (Lipinski definition) is 3. The summed E-state index contributed by atoms with van der Waals surface area (Å²) in [5, 5.41) is 14.4. The van der Waals surface area contributed by atoms with Crippen molar-refractivity contribution in [1.29, 1.82) is 0 Å². The quantitative estimate of drug-likeness (QED) is 0.181. The van der Waals surface area contributed by atoms with Crippen LogP contribution >= 0.6 is 0 Å². The molecule has 0 fully saturated rings. The van der Waals surface area contributed by atoms with Crippen LogP contribution < -0.4 is 30.1 Å². The van der Waals surface area contributed by atoms with Crippen molar-refractivity contribution in [3.63, 3.8) is 0 Å². The zero-order valence-electron chi connectivity index (χ0n) is 27.8. The van der Waals surface area contributed by atoms with Crippen molar-refractivity contribution in [2.24, 2.45) is 0 Å². The second kappa shape index (κ2) is 16.6. The number of hydrogen-bond acceptors (Lipinski definition) is 6. The Hall–Kier alpha value is -6.17. The lowest BCUT2D eigenvalue weighted by atomic mass is 10.0. The fraction of sp³-hybridized carbons (Fsp3) is 0.216. The standard InChI is InChI=1S/C37H39N5O7/c1-25-13-8-9-18-30(25)41(4)35(45)24-49-32-20-11-10-19-31(32)42(23-34(44)40(3)29-16-6-5-7-17-29)33(43)22-38-37(48)39-28-15-12-14-27(21-28)26(2)36(46)47/h5-21,26H,22-24H2,1-4H3,(H,46,47)(H2,38,39,48). The molecule has 0 aliphatic carbocycles. The molecular weight excluding hydrogens is 626 g/mol. The molecule has 49 heavy (non-hydrogen) atoms. The Morgan fingerprint density at radius 2 is 1.41 bits per heavy atom. The van der Waals surface area contributed by atoms with Crippen LogP contribution in [0.15, 0.2) is 103 Å². The normalized spacial score (nSPS) is 11.1. The van der Waals surface area contributed by atoms with E-state index in [0.29, 0.717) is 16.9 Å². The van der Waals surface area contributed by atoms with E-state index in [0.717, 1.165) is 11.3 Å². The summed E-state index contributed by atoms with van der Waals surface area (Å²) in [4.78, 5) is 68.6. The van der Waals surface area contributed by atoms with Gasteiger partial charge in [-0.3, -0.25) is 24.1 Å². The van der Waals surface area contributed by atoms with Crippen molar-refractivity contribution in [3.05, 3.63) is 114 Å². The first-order valence-corrected chi connectivity index (χ1v) is 15.5. The van der Waals surface area contributed by atoms with E-state index in [1.807, 2.05) is 37.3 Å². The number of carboxylic acids is 1. The van der Waals surface area contributed by atoms with Crippen molar-refractivity contribution in [3.8, 4) is 5.75 Å². The zero-order chi connectivity index (χ0) is 35.5. The molecule has 4 aromatic carbocycles. The van der Waals surface area contributed by atoms with Crippen LogP contribution in [0.25, 0.3) is 0 Å². The van der Waals surface area contributed by atoms with Gasteiger partial charge >= 0.3 is 12.0 Å². The van der Waals surface area contributed by atoms with Gasteiger partial charge in [0.05, 0.1) is 18.2 Å². The van der Waals surface area contributed by atoms with Crippen LogP contribution in [-0.2, 0) is 19.2 Å². The van der Waals surface area contributed by atoms with E-state index in [1.165, 1.54) is 27.7 Å². The molecule has 0 radical (unpaired) electrons. The molecule has 0 aliphatic heterocycles. The molecule has 12 nitrogen and oxygen atoms in total. The van der Waals surface area contributed by atoms with Crippen LogP contribution in [0.3, 0.4) is 0 Å². The Morgan fingerprint density at radius 3 is 2.10 bits per heavy atom. The number of benzene rings is 4. The Balaban J connectivity index is 1.52. The third-order valence-corrected chi connectivity index (χ3v) is 7.89. The molecule has 0 bridgehead atoms. The van der Waals surface area contributed by atoms with Gasteiger partial charge in [-0.1, -0.05) is 60.7 Å². The van der Waals surface area contributed by atoms with Gasteiger partial charge in [0.15, 0.2) is 6.61 Å². The molecule has 0 heterocycles. The van der Waals surface area contributed by atoms with Crippen molar-refractivity contribution >= 4 is 52.5 Å². The first-order valence-electron chi connectivity index (χ1n) is 15.5. The number of aryl methyl sites for hydroxylation is 1. The van der Waals surface area contributed by atoms with Crippen molar-refractivity contribution in [2.45, 2.75) is 19.8 Å². The number of nitrogens with one attached hydrogen (secondary N) is 2. The van der Waals surface area contributed by atoms with Crippen molar-refractivity contribution in [1.82, 2.24) is 5.32 Å². The molecule has 1 unspecified atom stereocenters.